The molecule has 1 fully saturated rings. The first kappa shape index (κ1) is 22.9. The van der Waals surface area contributed by atoms with Gasteiger partial charge >= 0.3 is 0 Å². The van der Waals surface area contributed by atoms with Crippen LogP contribution in [0.15, 0.2) is 56.7 Å². The number of benzene rings is 2. The molecule has 4 rings (SSSR count). The molecule has 6 nitrogen and oxygen atoms in total. The van der Waals surface area contributed by atoms with Crippen molar-refractivity contribution in [2.24, 2.45) is 0 Å². The Hall–Kier alpha value is -2.30. The summed E-state index contributed by atoms with van der Waals surface area (Å²) in [6.45, 7) is 2.25. The zero-order chi connectivity index (χ0) is 23.2. The average Bonchev–Trinajstić information content (AvgIpc) is 3.14. The van der Waals surface area contributed by atoms with Gasteiger partial charge in [0.1, 0.15) is 23.0 Å². The molecule has 1 saturated heterocycles. The standard InChI is InChI=1S/C22H19Br2F2N3O3/c1-22-8-3-9-29(22)28(11-12-4-2-5-15(25)18(12)24)21(32)17(19(22)30)20(31)27-13-6-7-14(23)16(26)10-13/h2,4-7,10,30H,3,8-9,11H2,1H3,(H,27,31). The number of anilines is 1. The molecular formula is C22H19Br2F2N3O3. The van der Waals surface area contributed by atoms with Gasteiger partial charge in [0.05, 0.1) is 21.0 Å². The van der Waals surface area contributed by atoms with Crippen LogP contribution in [-0.2, 0) is 16.1 Å². The highest BCUT2D eigenvalue weighted by molar-refractivity contribution is 9.10. The normalized spacial score (nSPS) is 21.2. The fourth-order valence-electron chi connectivity index (χ4n) is 4.15. The number of carbonyl (C=O) groups excluding carboxylic acids is 2. The van der Waals surface area contributed by atoms with Crippen LogP contribution in [0.4, 0.5) is 14.5 Å². The fourth-order valence-corrected chi connectivity index (χ4v) is 4.78. The van der Waals surface area contributed by atoms with Crippen LogP contribution in [0.5, 0.6) is 0 Å². The molecule has 1 atom stereocenters. The Morgan fingerprint density at radius 2 is 1.97 bits per heavy atom. The zero-order valence-corrected chi connectivity index (χ0v) is 20.1. The molecule has 1 unspecified atom stereocenters. The van der Waals surface area contributed by atoms with Gasteiger partial charge in [-0.25, -0.2) is 13.8 Å². The van der Waals surface area contributed by atoms with Gasteiger partial charge in [-0.3, -0.25) is 14.6 Å². The number of nitrogens with zero attached hydrogens (tertiary/aromatic N) is 2. The Morgan fingerprint density at radius 3 is 2.69 bits per heavy atom. The molecule has 2 heterocycles. The number of amides is 2. The molecule has 32 heavy (non-hydrogen) atoms. The largest absolute Gasteiger partial charge is 0.509 e. The molecule has 0 saturated carbocycles. The lowest BCUT2D eigenvalue weighted by atomic mass is 9.90. The maximum Gasteiger partial charge on any atom is 0.277 e. The molecular weight excluding hydrogens is 552 g/mol. The Balaban J connectivity index is 1.71. The number of carbonyl (C=O) groups is 2. The molecule has 0 bridgehead atoms. The van der Waals surface area contributed by atoms with Crippen LogP contribution in [0.1, 0.15) is 25.3 Å². The van der Waals surface area contributed by atoms with Crippen molar-refractivity contribution in [2.75, 3.05) is 11.9 Å². The first-order valence-electron chi connectivity index (χ1n) is 9.86. The van der Waals surface area contributed by atoms with Gasteiger partial charge in [0.25, 0.3) is 11.8 Å². The van der Waals surface area contributed by atoms with Gasteiger partial charge in [0, 0.05) is 12.2 Å². The van der Waals surface area contributed by atoms with Gasteiger partial charge in [-0.05, 0) is 81.5 Å². The Labute approximate surface area is 200 Å². The lowest BCUT2D eigenvalue weighted by Gasteiger charge is -2.46. The minimum absolute atomic E-state index is 0.00371. The van der Waals surface area contributed by atoms with Crippen molar-refractivity contribution in [2.45, 2.75) is 31.8 Å². The Morgan fingerprint density at radius 1 is 1.22 bits per heavy atom. The van der Waals surface area contributed by atoms with Crippen molar-refractivity contribution in [1.29, 1.82) is 0 Å². The van der Waals surface area contributed by atoms with E-state index in [0.717, 1.165) is 6.07 Å². The summed E-state index contributed by atoms with van der Waals surface area (Å²) in [6.07, 6.45) is 1.22. The van der Waals surface area contributed by atoms with Crippen LogP contribution >= 0.6 is 31.9 Å². The number of hydrogen-bond acceptors (Lipinski definition) is 4. The van der Waals surface area contributed by atoms with Gasteiger partial charge in [-0.2, -0.15) is 0 Å². The van der Waals surface area contributed by atoms with Crippen LogP contribution in [0.3, 0.4) is 0 Å². The van der Waals surface area contributed by atoms with E-state index >= 15 is 0 Å². The van der Waals surface area contributed by atoms with Crippen LogP contribution in [0.2, 0.25) is 0 Å². The summed E-state index contributed by atoms with van der Waals surface area (Å²) in [7, 11) is 0. The number of fused-ring (bicyclic) bond motifs is 1. The van der Waals surface area contributed by atoms with Crippen molar-refractivity contribution in [3.05, 3.63) is 73.9 Å². The van der Waals surface area contributed by atoms with Gasteiger partial charge in [-0.15, -0.1) is 0 Å². The summed E-state index contributed by atoms with van der Waals surface area (Å²) in [4.78, 5) is 26.4. The highest BCUT2D eigenvalue weighted by atomic mass is 79.9. The number of halogens is 4. The van der Waals surface area contributed by atoms with Crippen LogP contribution in [0, 0.1) is 11.6 Å². The monoisotopic (exact) mass is 569 g/mol. The summed E-state index contributed by atoms with van der Waals surface area (Å²) >= 11 is 6.26. The quantitative estimate of drug-likeness (QED) is 0.505. The molecule has 0 spiro atoms. The van der Waals surface area contributed by atoms with E-state index in [4.69, 9.17) is 0 Å². The Bertz CT molecular complexity index is 1160. The van der Waals surface area contributed by atoms with E-state index in [1.54, 1.807) is 18.0 Å². The fraction of sp³-hybridized carbons (Fsp3) is 0.273. The van der Waals surface area contributed by atoms with Crippen molar-refractivity contribution < 1.29 is 23.5 Å². The topological polar surface area (TPSA) is 72.9 Å². The lowest BCUT2D eigenvalue weighted by Crippen LogP contribution is -2.60. The third kappa shape index (κ3) is 3.84. The SMILES string of the molecule is CC12CCCN1N(Cc1cccc(F)c1Br)C(=O)C(C(=O)Nc1ccc(Br)c(F)c1)=C2O. The van der Waals surface area contributed by atoms with E-state index in [1.165, 1.54) is 29.3 Å². The zero-order valence-electron chi connectivity index (χ0n) is 17.0. The third-order valence-corrected chi connectivity index (χ3v) is 7.38. The molecule has 10 heteroatoms. The molecule has 2 aliphatic rings. The smallest absolute Gasteiger partial charge is 0.277 e. The van der Waals surface area contributed by atoms with Crippen molar-refractivity contribution in [3.63, 3.8) is 0 Å². The van der Waals surface area contributed by atoms with Gasteiger partial charge in [-0.1, -0.05) is 12.1 Å². The minimum atomic E-state index is -0.967. The van der Waals surface area contributed by atoms with Crippen LogP contribution in [0.25, 0.3) is 0 Å². The summed E-state index contributed by atoms with van der Waals surface area (Å²) < 4.78 is 28.3. The van der Waals surface area contributed by atoms with Crippen LogP contribution < -0.4 is 5.32 Å². The molecule has 0 aromatic heterocycles. The van der Waals surface area contributed by atoms with Gasteiger partial charge in [0.15, 0.2) is 0 Å². The summed E-state index contributed by atoms with van der Waals surface area (Å²) in [5.41, 5.74) is -0.724. The minimum Gasteiger partial charge on any atom is -0.509 e. The molecule has 0 radical (unpaired) electrons. The number of nitrogens with one attached hydrogen (secondary N) is 1. The Kier molecular flexibility index (Phi) is 6.12. The summed E-state index contributed by atoms with van der Waals surface area (Å²) in [5, 5.41) is 16.6. The molecule has 2 aromatic rings. The molecule has 2 amide bonds. The number of aliphatic hydroxyl groups is 1. The number of rotatable bonds is 4. The van der Waals surface area contributed by atoms with Gasteiger partial charge in [0.2, 0.25) is 0 Å². The van der Waals surface area contributed by atoms with Gasteiger partial charge < -0.3 is 10.4 Å². The second-order valence-electron chi connectivity index (χ2n) is 7.88. The van der Waals surface area contributed by atoms with E-state index < -0.39 is 34.6 Å². The number of hydrogen-bond donors (Lipinski definition) is 2. The summed E-state index contributed by atoms with van der Waals surface area (Å²) in [6, 6.07) is 8.52. The highest BCUT2D eigenvalue weighted by Crippen LogP contribution is 2.42. The molecule has 2 aromatic carbocycles. The molecule has 2 N–H and O–H groups in total. The maximum atomic E-state index is 14.0. The highest BCUT2D eigenvalue weighted by Gasteiger charge is 2.52. The van der Waals surface area contributed by atoms with Crippen LogP contribution in [-0.4, -0.2) is 39.0 Å². The van der Waals surface area contributed by atoms with Crippen molar-refractivity contribution >= 4 is 49.4 Å². The molecule has 0 aliphatic carbocycles. The van der Waals surface area contributed by atoms with E-state index in [1.807, 2.05) is 0 Å². The third-order valence-electron chi connectivity index (χ3n) is 5.85. The second-order valence-corrected chi connectivity index (χ2v) is 9.53. The summed E-state index contributed by atoms with van der Waals surface area (Å²) in [5.74, 6) is -2.93. The second kappa shape index (κ2) is 8.57. The van der Waals surface area contributed by atoms with Crippen molar-refractivity contribution in [3.8, 4) is 0 Å². The molecule has 2 aliphatic heterocycles. The lowest BCUT2D eigenvalue weighted by molar-refractivity contribution is -0.160. The maximum absolute atomic E-state index is 14.0. The van der Waals surface area contributed by atoms with E-state index in [9.17, 15) is 23.5 Å². The van der Waals surface area contributed by atoms with E-state index in [-0.39, 0.29) is 26.9 Å². The van der Waals surface area contributed by atoms with E-state index in [2.05, 4.69) is 37.2 Å². The number of aliphatic hydroxyl groups excluding tert-OH is 1. The number of hydrazine groups is 1. The first-order chi connectivity index (χ1) is 15.1. The van der Waals surface area contributed by atoms with Crippen molar-refractivity contribution in [1.82, 2.24) is 10.0 Å². The van der Waals surface area contributed by atoms with E-state index in [0.29, 0.717) is 24.9 Å². The molecule has 168 valence electrons. The first-order valence-corrected chi connectivity index (χ1v) is 11.4. The predicted molar refractivity (Wildman–Crippen MR) is 121 cm³/mol. The average molecular weight is 571 g/mol. The predicted octanol–water partition coefficient (Wildman–Crippen LogP) is 5.05.